The minimum Gasteiger partial charge on any atom is -0.444 e. The first-order valence-electron chi connectivity index (χ1n) is 14.6. The molecule has 9 heteroatoms. The first-order valence-corrected chi connectivity index (χ1v) is 14.6. The van der Waals surface area contributed by atoms with Crippen molar-refractivity contribution in [2.24, 2.45) is 7.05 Å². The summed E-state index contributed by atoms with van der Waals surface area (Å²) in [7, 11) is 1.95. The topological polar surface area (TPSA) is 91.0 Å². The first kappa shape index (κ1) is 26.8. The Morgan fingerprint density at radius 1 is 1.00 bits per heavy atom. The minimum atomic E-state index is -0.555. The number of aryl methyl sites for hydroxylation is 1. The van der Waals surface area contributed by atoms with Crippen molar-refractivity contribution < 1.29 is 13.9 Å². The SMILES string of the molecule is Cn1cnc(-c2nn(-c3ccc(C4(NC(=O)OC(C)(C)C)CCC4)cc3)c3c4cc(-c5ccccc5)cnc4cc[n+]23)c1. The third-order valence-corrected chi connectivity index (χ3v) is 8.05. The molecule has 6 aromatic rings. The van der Waals surface area contributed by atoms with Gasteiger partial charge in [0.1, 0.15) is 11.3 Å². The summed E-state index contributed by atoms with van der Waals surface area (Å²) >= 11 is 0. The summed E-state index contributed by atoms with van der Waals surface area (Å²) < 4.78 is 11.5. The molecule has 2 aromatic carbocycles. The molecule has 1 aliphatic carbocycles. The van der Waals surface area contributed by atoms with E-state index in [1.807, 2.05) is 79.9 Å². The van der Waals surface area contributed by atoms with Gasteiger partial charge >= 0.3 is 11.9 Å². The highest BCUT2D eigenvalue weighted by Crippen LogP contribution is 2.42. The molecule has 9 nitrogen and oxygen atoms in total. The Morgan fingerprint density at radius 3 is 2.42 bits per heavy atom. The van der Waals surface area contributed by atoms with Crippen molar-refractivity contribution in [3.8, 4) is 28.3 Å². The van der Waals surface area contributed by atoms with Crippen molar-refractivity contribution in [1.29, 1.82) is 0 Å². The van der Waals surface area contributed by atoms with Crippen molar-refractivity contribution in [1.82, 2.24) is 29.6 Å². The smallest absolute Gasteiger partial charge is 0.408 e. The monoisotopic (exact) mass is 572 g/mol. The molecule has 1 saturated carbocycles. The maximum absolute atomic E-state index is 12.7. The molecular weight excluding hydrogens is 538 g/mol. The molecule has 0 spiro atoms. The summed E-state index contributed by atoms with van der Waals surface area (Å²) in [6, 6.07) is 22.8. The van der Waals surface area contributed by atoms with E-state index in [1.165, 1.54) is 0 Å². The number of aromatic nitrogens is 6. The summed E-state index contributed by atoms with van der Waals surface area (Å²) in [6.45, 7) is 5.63. The fourth-order valence-corrected chi connectivity index (χ4v) is 5.82. The van der Waals surface area contributed by atoms with Gasteiger partial charge < -0.3 is 14.6 Å². The Morgan fingerprint density at radius 2 is 1.77 bits per heavy atom. The largest absolute Gasteiger partial charge is 0.444 e. The summed E-state index contributed by atoms with van der Waals surface area (Å²) in [5.41, 5.74) is 5.64. The molecule has 0 radical (unpaired) electrons. The van der Waals surface area contributed by atoms with E-state index in [1.54, 1.807) is 6.33 Å². The number of carbonyl (C=O) groups excluding carboxylic acids is 1. The number of nitrogens with one attached hydrogen (secondary N) is 1. The van der Waals surface area contributed by atoms with Crippen LogP contribution in [0.25, 0.3) is 44.9 Å². The zero-order valence-electron chi connectivity index (χ0n) is 24.8. The molecule has 1 aliphatic rings. The average molecular weight is 573 g/mol. The highest BCUT2D eigenvalue weighted by Gasteiger charge is 2.41. The Labute approximate surface area is 249 Å². The zero-order valence-corrected chi connectivity index (χ0v) is 24.8. The number of pyridine rings is 2. The molecule has 0 atom stereocenters. The van der Waals surface area contributed by atoms with E-state index in [4.69, 9.17) is 14.8 Å². The predicted molar refractivity (Wildman–Crippen MR) is 165 cm³/mol. The second kappa shape index (κ2) is 10.0. The van der Waals surface area contributed by atoms with Crippen LogP contribution in [0.3, 0.4) is 0 Å². The molecule has 0 saturated heterocycles. The second-order valence-corrected chi connectivity index (χ2v) is 12.3. The predicted octanol–water partition coefficient (Wildman–Crippen LogP) is 6.13. The van der Waals surface area contributed by atoms with Gasteiger partial charge in [-0.1, -0.05) is 47.1 Å². The van der Waals surface area contributed by atoms with Crippen molar-refractivity contribution in [3.05, 3.63) is 97.2 Å². The van der Waals surface area contributed by atoms with Gasteiger partial charge in [-0.05, 0) is 75.4 Å². The zero-order chi connectivity index (χ0) is 29.8. The number of alkyl carbamates (subject to hydrolysis) is 1. The van der Waals surface area contributed by atoms with Crippen LogP contribution in [0.5, 0.6) is 0 Å². The van der Waals surface area contributed by atoms with Gasteiger partial charge in [0, 0.05) is 25.0 Å². The van der Waals surface area contributed by atoms with Gasteiger partial charge in [0.2, 0.25) is 0 Å². The van der Waals surface area contributed by atoms with E-state index in [2.05, 4.69) is 57.2 Å². The van der Waals surface area contributed by atoms with Gasteiger partial charge in [-0.25, -0.2) is 9.78 Å². The number of benzene rings is 2. The minimum absolute atomic E-state index is 0.390. The van der Waals surface area contributed by atoms with Crippen molar-refractivity contribution >= 4 is 22.6 Å². The van der Waals surface area contributed by atoms with Crippen LogP contribution in [-0.4, -0.2) is 36.0 Å². The molecule has 0 aliphatic heterocycles. The number of carbonyl (C=O) groups is 1. The van der Waals surface area contributed by atoms with Crippen LogP contribution >= 0.6 is 0 Å². The third kappa shape index (κ3) is 4.90. The number of hydrogen-bond donors (Lipinski definition) is 1. The van der Waals surface area contributed by atoms with E-state index < -0.39 is 11.1 Å². The van der Waals surface area contributed by atoms with Crippen LogP contribution in [0.15, 0.2) is 91.6 Å². The lowest BCUT2D eigenvalue weighted by Crippen LogP contribution is -2.52. The molecular formula is C34H34N7O2+. The maximum atomic E-state index is 12.7. The van der Waals surface area contributed by atoms with Crippen LogP contribution < -0.4 is 9.72 Å². The third-order valence-electron chi connectivity index (χ3n) is 8.05. The highest BCUT2D eigenvalue weighted by molar-refractivity contribution is 5.93. The molecule has 1 fully saturated rings. The van der Waals surface area contributed by atoms with Crippen molar-refractivity contribution in [2.75, 3.05) is 0 Å². The summed E-state index contributed by atoms with van der Waals surface area (Å²) in [5, 5.41) is 9.23. The summed E-state index contributed by atoms with van der Waals surface area (Å²) in [6.07, 6.45) is 10.1. The quantitative estimate of drug-likeness (QED) is 0.251. The van der Waals surface area contributed by atoms with Crippen LogP contribution in [0.2, 0.25) is 0 Å². The number of ether oxygens (including phenoxy) is 1. The number of hydrogen-bond acceptors (Lipinski definition) is 5. The highest BCUT2D eigenvalue weighted by atomic mass is 16.6. The lowest BCUT2D eigenvalue weighted by atomic mass is 9.72. The normalized spacial score (nSPS) is 14.5. The number of amides is 1. The molecule has 4 heterocycles. The molecule has 1 amide bonds. The Hall–Kier alpha value is -5.05. The number of rotatable bonds is 5. The van der Waals surface area contributed by atoms with Crippen molar-refractivity contribution in [2.45, 2.75) is 51.2 Å². The fourth-order valence-electron chi connectivity index (χ4n) is 5.82. The fraction of sp³-hybridized carbons (Fsp3) is 0.265. The van der Waals surface area contributed by atoms with E-state index >= 15 is 0 Å². The van der Waals surface area contributed by atoms with Crippen LogP contribution in [0, 0.1) is 0 Å². The molecule has 1 N–H and O–H groups in total. The molecule has 0 unspecified atom stereocenters. The Kier molecular flexibility index (Phi) is 6.27. The van der Waals surface area contributed by atoms with Gasteiger partial charge in [0.25, 0.3) is 5.65 Å². The average Bonchev–Trinajstić information content (AvgIpc) is 3.58. The van der Waals surface area contributed by atoms with E-state index in [-0.39, 0.29) is 6.09 Å². The van der Waals surface area contributed by atoms with Crippen LogP contribution in [0.1, 0.15) is 45.6 Å². The van der Waals surface area contributed by atoms with Gasteiger partial charge in [-0.15, -0.1) is 0 Å². The molecule has 0 bridgehead atoms. The Bertz CT molecular complexity index is 1960. The van der Waals surface area contributed by atoms with Gasteiger partial charge in [-0.3, -0.25) is 4.98 Å². The van der Waals surface area contributed by atoms with Gasteiger partial charge in [0.15, 0.2) is 5.69 Å². The van der Waals surface area contributed by atoms with E-state index in [0.717, 1.165) is 69.7 Å². The lowest BCUT2D eigenvalue weighted by Gasteiger charge is -2.43. The number of nitrogens with zero attached hydrogens (tertiary/aromatic N) is 6. The van der Waals surface area contributed by atoms with E-state index in [0.29, 0.717) is 0 Å². The first-order chi connectivity index (χ1) is 20.7. The van der Waals surface area contributed by atoms with Crippen LogP contribution in [0.4, 0.5) is 4.79 Å². The van der Waals surface area contributed by atoms with Crippen molar-refractivity contribution in [3.63, 3.8) is 0 Å². The lowest BCUT2D eigenvalue weighted by molar-refractivity contribution is -0.498. The number of imidazole rings is 1. The summed E-state index contributed by atoms with van der Waals surface area (Å²) in [5.74, 6) is 0.730. The van der Waals surface area contributed by atoms with Gasteiger partial charge in [0.05, 0.1) is 34.1 Å². The van der Waals surface area contributed by atoms with Crippen LogP contribution in [-0.2, 0) is 17.3 Å². The van der Waals surface area contributed by atoms with E-state index in [9.17, 15) is 4.79 Å². The van der Waals surface area contributed by atoms with Gasteiger partial charge in [-0.2, -0.15) is 4.40 Å². The second-order valence-electron chi connectivity index (χ2n) is 12.3. The summed E-state index contributed by atoms with van der Waals surface area (Å²) in [4.78, 5) is 22.1. The molecule has 43 heavy (non-hydrogen) atoms. The standard InChI is InChI=1S/C34H33N7O2/c1-33(2,3)43-32(42)37-34(16-8-17-34)25-11-13-26(14-12-25)41-31-27-19-24(23-9-6-5-7-10-23)20-35-28(27)15-18-40(31)30(38-41)29-21-39(4)22-36-29/h5-7,9-15,18-22H,8,16-17H2,1-4H3/p+1. The Balaban J connectivity index is 1.35. The molecule has 7 rings (SSSR count). The molecule has 216 valence electrons. The maximum Gasteiger partial charge on any atom is 0.408 e. The number of fused-ring (bicyclic) bond motifs is 3. The molecule has 4 aromatic heterocycles.